The van der Waals surface area contributed by atoms with Gasteiger partial charge in [-0.2, -0.15) is 0 Å². The second-order valence-corrected chi connectivity index (χ2v) is 4.12. The summed E-state index contributed by atoms with van der Waals surface area (Å²) in [6.45, 7) is 3.63. The molecule has 2 atom stereocenters. The van der Waals surface area contributed by atoms with Crippen LogP contribution in [0.25, 0.3) is 0 Å². The second kappa shape index (κ2) is 4.87. The van der Waals surface area contributed by atoms with Gasteiger partial charge in [0, 0.05) is 11.7 Å². The van der Waals surface area contributed by atoms with E-state index in [0.29, 0.717) is 10.0 Å². The maximum Gasteiger partial charge on any atom is 0.0710 e. The number of hydrogen-bond acceptors (Lipinski definition) is 2. The van der Waals surface area contributed by atoms with E-state index in [1.807, 2.05) is 13.0 Å². The van der Waals surface area contributed by atoms with Gasteiger partial charge in [-0.1, -0.05) is 23.2 Å². The molecule has 0 aromatic heterocycles. The highest BCUT2D eigenvalue weighted by Crippen LogP contribution is 2.25. The summed E-state index contributed by atoms with van der Waals surface area (Å²) in [5.41, 5.74) is 0.854. The van der Waals surface area contributed by atoms with Crippen LogP contribution in [-0.2, 0) is 0 Å². The summed E-state index contributed by atoms with van der Waals surface area (Å²) in [5.74, 6) is 0. The highest BCUT2D eigenvalue weighted by molar-refractivity contribution is 6.42. The summed E-state index contributed by atoms with van der Waals surface area (Å²) in [6.07, 6.45) is -0.413. The van der Waals surface area contributed by atoms with Crippen LogP contribution in [0.15, 0.2) is 18.2 Å². The predicted octanol–water partition coefficient (Wildman–Crippen LogP) is 3.17. The topological polar surface area (TPSA) is 32.3 Å². The van der Waals surface area contributed by atoms with Crippen LogP contribution < -0.4 is 5.32 Å². The summed E-state index contributed by atoms with van der Waals surface area (Å²) < 4.78 is 0. The maximum absolute atomic E-state index is 9.28. The van der Waals surface area contributed by atoms with E-state index < -0.39 is 6.10 Å². The molecule has 0 saturated heterocycles. The highest BCUT2D eigenvalue weighted by atomic mass is 35.5. The number of nitrogens with one attached hydrogen (secondary N) is 1. The first-order valence-electron chi connectivity index (χ1n) is 4.40. The summed E-state index contributed by atoms with van der Waals surface area (Å²) in [7, 11) is 0. The van der Waals surface area contributed by atoms with Crippen LogP contribution in [0.4, 0.5) is 5.69 Å². The minimum Gasteiger partial charge on any atom is -0.391 e. The zero-order valence-electron chi connectivity index (χ0n) is 8.09. The van der Waals surface area contributed by atoms with E-state index >= 15 is 0 Å². The van der Waals surface area contributed by atoms with Crippen LogP contribution in [0, 0.1) is 0 Å². The van der Waals surface area contributed by atoms with Gasteiger partial charge in [0.25, 0.3) is 0 Å². The third-order valence-corrected chi connectivity index (χ3v) is 2.78. The predicted molar refractivity (Wildman–Crippen MR) is 61.2 cm³/mol. The lowest BCUT2D eigenvalue weighted by Gasteiger charge is -2.18. The Balaban J connectivity index is 2.73. The molecule has 1 aromatic rings. The van der Waals surface area contributed by atoms with Crippen LogP contribution in [0.3, 0.4) is 0 Å². The third-order valence-electron chi connectivity index (χ3n) is 2.04. The monoisotopic (exact) mass is 233 g/mol. The Morgan fingerprint density at radius 1 is 1.21 bits per heavy atom. The van der Waals surface area contributed by atoms with Crippen LogP contribution in [0.5, 0.6) is 0 Å². The molecule has 2 unspecified atom stereocenters. The first-order chi connectivity index (χ1) is 6.50. The number of halogens is 2. The Labute approximate surface area is 93.8 Å². The Hall–Kier alpha value is -0.440. The van der Waals surface area contributed by atoms with Crippen molar-refractivity contribution in [1.29, 1.82) is 0 Å². The molecule has 1 aromatic carbocycles. The lowest BCUT2D eigenvalue weighted by Crippen LogP contribution is -2.27. The van der Waals surface area contributed by atoms with Gasteiger partial charge in [0.05, 0.1) is 16.1 Å². The van der Waals surface area contributed by atoms with Gasteiger partial charge < -0.3 is 10.4 Å². The molecule has 0 aliphatic rings. The third kappa shape index (κ3) is 3.05. The highest BCUT2D eigenvalue weighted by Gasteiger charge is 2.08. The fraction of sp³-hybridized carbons (Fsp3) is 0.400. The summed E-state index contributed by atoms with van der Waals surface area (Å²) in [4.78, 5) is 0. The van der Waals surface area contributed by atoms with Gasteiger partial charge in [-0.25, -0.2) is 0 Å². The molecule has 1 rings (SSSR count). The molecule has 0 heterocycles. The van der Waals surface area contributed by atoms with E-state index in [-0.39, 0.29) is 6.04 Å². The minimum absolute atomic E-state index is 0.0211. The van der Waals surface area contributed by atoms with Crippen molar-refractivity contribution in [2.45, 2.75) is 26.0 Å². The second-order valence-electron chi connectivity index (χ2n) is 3.30. The van der Waals surface area contributed by atoms with Crippen LogP contribution >= 0.6 is 23.2 Å². The molecule has 2 nitrogen and oxygen atoms in total. The normalized spacial score (nSPS) is 14.9. The quantitative estimate of drug-likeness (QED) is 0.841. The SMILES string of the molecule is CC(O)C(C)Nc1ccc(Cl)c(Cl)c1. The van der Waals surface area contributed by atoms with Crippen molar-refractivity contribution < 1.29 is 5.11 Å². The van der Waals surface area contributed by atoms with Crippen molar-refractivity contribution in [3.05, 3.63) is 28.2 Å². The fourth-order valence-corrected chi connectivity index (χ4v) is 1.27. The molecule has 78 valence electrons. The summed E-state index contributed by atoms with van der Waals surface area (Å²) in [6, 6.07) is 5.27. The molecule has 4 heteroatoms. The molecule has 0 bridgehead atoms. The van der Waals surface area contributed by atoms with Crippen molar-refractivity contribution in [3.63, 3.8) is 0 Å². The van der Waals surface area contributed by atoms with Crippen molar-refractivity contribution in [2.24, 2.45) is 0 Å². The van der Waals surface area contributed by atoms with E-state index in [1.54, 1.807) is 19.1 Å². The minimum atomic E-state index is -0.413. The number of hydrogen-bond donors (Lipinski definition) is 2. The van der Waals surface area contributed by atoms with E-state index in [2.05, 4.69) is 5.32 Å². The molecule has 0 saturated carbocycles. The number of benzene rings is 1. The molecular formula is C10H13Cl2NO. The van der Waals surface area contributed by atoms with Crippen molar-refractivity contribution in [3.8, 4) is 0 Å². The largest absolute Gasteiger partial charge is 0.391 e. The number of aliphatic hydroxyl groups excluding tert-OH is 1. The van der Waals surface area contributed by atoms with Gasteiger partial charge in [-0.15, -0.1) is 0 Å². The molecule has 2 N–H and O–H groups in total. The molecular weight excluding hydrogens is 221 g/mol. The molecule has 0 spiro atoms. The van der Waals surface area contributed by atoms with Gasteiger partial charge in [0.2, 0.25) is 0 Å². The lowest BCUT2D eigenvalue weighted by atomic mass is 10.2. The van der Waals surface area contributed by atoms with Gasteiger partial charge in [-0.3, -0.25) is 0 Å². The first-order valence-corrected chi connectivity index (χ1v) is 5.16. The fourth-order valence-electron chi connectivity index (χ4n) is 0.969. The molecule has 0 fully saturated rings. The van der Waals surface area contributed by atoms with Crippen LogP contribution in [-0.4, -0.2) is 17.3 Å². The summed E-state index contributed by atoms with van der Waals surface area (Å²) >= 11 is 11.6. The van der Waals surface area contributed by atoms with E-state index in [4.69, 9.17) is 23.2 Å². The average molecular weight is 234 g/mol. The Kier molecular flexibility index (Phi) is 4.05. The van der Waals surface area contributed by atoms with Gasteiger partial charge in [-0.05, 0) is 32.0 Å². The lowest BCUT2D eigenvalue weighted by molar-refractivity contribution is 0.178. The maximum atomic E-state index is 9.28. The summed E-state index contributed by atoms with van der Waals surface area (Å²) in [5, 5.41) is 13.4. The van der Waals surface area contributed by atoms with Crippen LogP contribution in [0.1, 0.15) is 13.8 Å². The smallest absolute Gasteiger partial charge is 0.0710 e. The van der Waals surface area contributed by atoms with E-state index in [9.17, 15) is 5.11 Å². The van der Waals surface area contributed by atoms with Crippen molar-refractivity contribution in [1.82, 2.24) is 0 Å². The molecule has 0 amide bonds. The van der Waals surface area contributed by atoms with Crippen LogP contribution in [0.2, 0.25) is 10.0 Å². The molecule has 0 aliphatic carbocycles. The van der Waals surface area contributed by atoms with Gasteiger partial charge in [0.1, 0.15) is 0 Å². The van der Waals surface area contributed by atoms with E-state index in [1.165, 1.54) is 0 Å². The Morgan fingerprint density at radius 3 is 2.36 bits per heavy atom. The Morgan fingerprint density at radius 2 is 1.86 bits per heavy atom. The number of anilines is 1. The first kappa shape index (κ1) is 11.6. The number of rotatable bonds is 3. The standard InChI is InChI=1S/C10H13Cl2NO/c1-6(7(2)14)13-8-3-4-9(11)10(12)5-8/h3-7,13-14H,1-2H3. The van der Waals surface area contributed by atoms with Crippen molar-refractivity contribution >= 4 is 28.9 Å². The average Bonchev–Trinajstić information content (AvgIpc) is 2.11. The van der Waals surface area contributed by atoms with E-state index in [0.717, 1.165) is 5.69 Å². The molecule has 0 radical (unpaired) electrons. The van der Waals surface area contributed by atoms with Crippen molar-refractivity contribution in [2.75, 3.05) is 5.32 Å². The van der Waals surface area contributed by atoms with Gasteiger partial charge in [0.15, 0.2) is 0 Å². The number of aliphatic hydroxyl groups is 1. The zero-order chi connectivity index (χ0) is 10.7. The van der Waals surface area contributed by atoms with Gasteiger partial charge >= 0.3 is 0 Å². The zero-order valence-corrected chi connectivity index (χ0v) is 9.60. The molecule has 0 aliphatic heterocycles. The Bertz CT molecular complexity index is 315. The molecule has 14 heavy (non-hydrogen) atoms.